The largest absolute Gasteiger partial charge is 0.464 e. The van der Waals surface area contributed by atoms with Crippen molar-refractivity contribution in [1.82, 2.24) is 25.8 Å². The van der Waals surface area contributed by atoms with E-state index < -0.39 is 17.9 Å². The minimum atomic E-state index is -0.788. The molecule has 2 amide bonds. The molecular formula is C24H29N5O5. The molecule has 3 aromatic rings. The zero-order valence-electron chi connectivity index (χ0n) is 19.7. The van der Waals surface area contributed by atoms with Gasteiger partial charge in [0.05, 0.1) is 18.5 Å². The average molecular weight is 468 g/mol. The summed E-state index contributed by atoms with van der Waals surface area (Å²) in [5.41, 5.74) is 2.10. The van der Waals surface area contributed by atoms with Crippen molar-refractivity contribution in [3.63, 3.8) is 0 Å². The van der Waals surface area contributed by atoms with Crippen LogP contribution in [0.25, 0.3) is 22.7 Å². The molecule has 0 aliphatic carbocycles. The van der Waals surface area contributed by atoms with Crippen LogP contribution < -0.4 is 10.6 Å². The molecule has 2 heterocycles. The van der Waals surface area contributed by atoms with Crippen molar-refractivity contribution in [2.45, 2.75) is 52.6 Å². The Morgan fingerprint density at radius 3 is 2.50 bits per heavy atom. The van der Waals surface area contributed by atoms with Crippen LogP contribution in [-0.4, -0.2) is 51.7 Å². The summed E-state index contributed by atoms with van der Waals surface area (Å²) < 4.78 is 10.6. The van der Waals surface area contributed by atoms with Gasteiger partial charge >= 0.3 is 5.97 Å². The van der Waals surface area contributed by atoms with Crippen molar-refractivity contribution in [2.24, 2.45) is 0 Å². The number of carbonyl (C=O) groups excluding carboxylic acids is 3. The number of H-pyrrole nitrogens is 1. The van der Waals surface area contributed by atoms with Crippen molar-refractivity contribution < 1.29 is 23.5 Å². The molecule has 0 spiro atoms. The first-order chi connectivity index (χ1) is 16.4. The number of ether oxygens (including phenoxy) is 1. The number of amides is 2. The van der Waals surface area contributed by atoms with Gasteiger partial charge in [0.25, 0.3) is 11.8 Å². The number of rotatable bonds is 10. The number of nitrogens with zero attached hydrogens (tertiary/aromatic N) is 2. The quantitative estimate of drug-likeness (QED) is 0.389. The topological polar surface area (TPSA) is 139 Å². The highest BCUT2D eigenvalue weighted by Crippen LogP contribution is 2.25. The molecule has 10 heteroatoms. The Balaban J connectivity index is 1.73. The number of carbonyl (C=O) groups is 3. The summed E-state index contributed by atoms with van der Waals surface area (Å²) in [5, 5.41) is 12.4. The van der Waals surface area contributed by atoms with Gasteiger partial charge < -0.3 is 19.8 Å². The van der Waals surface area contributed by atoms with Crippen molar-refractivity contribution in [3.8, 4) is 22.7 Å². The zero-order chi connectivity index (χ0) is 24.7. The van der Waals surface area contributed by atoms with Crippen LogP contribution in [0.3, 0.4) is 0 Å². The van der Waals surface area contributed by atoms with Crippen LogP contribution in [0.5, 0.6) is 0 Å². The monoisotopic (exact) mass is 467 g/mol. The van der Waals surface area contributed by atoms with E-state index in [-0.39, 0.29) is 30.0 Å². The summed E-state index contributed by atoms with van der Waals surface area (Å²) in [5.74, 6) is -0.850. The van der Waals surface area contributed by atoms with Crippen LogP contribution in [0.2, 0.25) is 0 Å². The number of oxazole rings is 1. The highest BCUT2D eigenvalue weighted by atomic mass is 16.5. The van der Waals surface area contributed by atoms with Crippen LogP contribution in [0, 0.1) is 0 Å². The molecule has 10 nitrogen and oxygen atoms in total. The Labute approximate surface area is 197 Å². The molecule has 3 N–H and O–H groups in total. The molecule has 2 aromatic heterocycles. The first-order valence-corrected chi connectivity index (χ1v) is 11.3. The Bertz CT molecular complexity index is 1150. The third-order valence-corrected chi connectivity index (χ3v) is 5.27. The van der Waals surface area contributed by atoms with E-state index in [9.17, 15) is 14.4 Å². The van der Waals surface area contributed by atoms with Gasteiger partial charge in [0, 0.05) is 17.2 Å². The third kappa shape index (κ3) is 5.89. The van der Waals surface area contributed by atoms with Crippen LogP contribution >= 0.6 is 0 Å². The second-order valence-electron chi connectivity index (χ2n) is 7.71. The minimum absolute atomic E-state index is 0.0794. The fourth-order valence-corrected chi connectivity index (χ4v) is 3.26. The summed E-state index contributed by atoms with van der Waals surface area (Å²) in [6, 6.07) is 8.10. The summed E-state index contributed by atoms with van der Waals surface area (Å²) in [6.45, 7) is 7.50. The minimum Gasteiger partial charge on any atom is -0.464 e. The van der Waals surface area contributed by atoms with Crippen LogP contribution in [-0.2, 0) is 9.53 Å². The molecule has 1 aromatic carbocycles. The highest BCUT2D eigenvalue weighted by Gasteiger charge is 2.20. The molecule has 0 fully saturated rings. The van der Waals surface area contributed by atoms with E-state index >= 15 is 0 Å². The van der Waals surface area contributed by atoms with Gasteiger partial charge in [0.1, 0.15) is 11.7 Å². The first kappa shape index (κ1) is 24.7. The fourth-order valence-electron chi connectivity index (χ4n) is 3.26. The normalized spacial score (nSPS) is 11.8. The third-order valence-electron chi connectivity index (χ3n) is 5.27. The Morgan fingerprint density at radius 1 is 1.06 bits per heavy atom. The molecule has 0 saturated heterocycles. The van der Waals surface area contributed by atoms with Crippen LogP contribution in [0.15, 0.2) is 40.9 Å². The smallest absolute Gasteiger partial charge is 0.328 e. The molecule has 1 atom stereocenters. The maximum atomic E-state index is 12.4. The highest BCUT2D eigenvalue weighted by molar-refractivity contribution is 5.96. The van der Waals surface area contributed by atoms with Gasteiger partial charge in [0.15, 0.2) is 0 Å². The molecule has 0 aliphatic rings. The Hall–Kier alpha value is -3.95. The Morgan fingerprint density at radius 2 is 1.79 bits per heavy atom. The maximum Gasteiger partial charge on any atom is 0.328 e. The summed E-state index contributed by atoms with van der Waals surface area (Å²) in [6.07, 6.45) is 3.06. The van der Waals surface area contributed by atoms with Gasteiger partial charge in [-0.15, -0.1) is 0 Å². The number of esters is 1. The van der Waals surface area contributed by atoms with Gasteiger partial charge in [-0.2, -0.15) is 5.10 Å². The van der Waals surface area contributed by atoms with Gasteiger partial charge in [-0.25, -0.2) is 9.78 Å². The molecule has 0 unspecified atom stereocenters. The van der Waals surface area contributed by atoms with E-state index in [1.807, 2.05) is 19.9 Å². The fraction of sp³-hybridized carbons (Fsp3) is 0.375. The van der Waals surface area contributed by atoms with Crippen molar-refractivity contribution >= 4 is 17.8 Å². The molecule has 0 saturated carbocycles. The van der Waals surface area contributed by atoms with Crippen LogP contribution in [0.1, 0.15) is 61.6 Å². The number of hydrogen-bond donors (Lipinski definition) is 3. The molecule has 0 radical (unpaired) electrons. The molecule has 34 heavy (non-hydrogen) atoms. The van der Waals surface area contributed by atoms with E-state index in [1.165, 1.54) is 6.20 Å². The summed E-state index contributed by atoms with van der Waals surface area (Å²) in [7, 11) is 0. The van der Waals surface area contributed by atoms with Gasteiger partial charge in [0.2, 0.25) is 11.7 Å². The number of aromatic nitrogens is 3. The maximum absolute atomic E-state index is 12.4. The van der Waals surface area contributed by atoms with Crippen molar-refractivity contribution in [3.05, 3.63) is 48.0 Å². The Kier molecular flexibility index (Phi) is 8.18. The van der Waals surface area contributed by atoms with Crippen LogP contribution in [0.4, 0.5) is 0 Å². The van der Waals surface area contributed by atoms with Gasteiger partial charge in [-0.3, -0.25) is 14.7 Å². The lowest BCUT2D eigenvalue weighted by molar-refractivity contribution is -0.144. The van der Waals surface area contributed by atoms with E-state index in [4.69, 9.17) is 9.15 Å². The van der Waals surface area contributed by atoms with Gasteiger partial charge in [-0.1, -0.05) is 26.0 Å². The SMILES string of the molecule is CCOC(=O)[C@H](C)NC(=O)c1cc(-c2cccc(-c3ncc(C(=O)NC(CC)CC)o3)c2)n[nH]1. The standard InChI is InChI=1S/C24H29N5O5/c1-5-17(6-2)27-22(31)20-13-25-23(34-20)16-10-8-9-15(11-16)18-12-19(29-28-18)21(30)26-14(4)24(32)33-7-3/h8-14,17H,5-7H2,1-4H3,(H,26,30)(H,27,31)(H,28,29)/t14-/m0/s1. The summed E-state index contributed by atoms with van der Waals surface area (Å²) in [4.78, 5) is 40.8. The van der Waals surface area contributed by atoms with E-state index in [0.29, 0.717) is 22.7 Å². The van der Waals surface area contributed by atoms with E-state index in [2.05, 4.69) is 25.8 Å². The molecule has 0 bridgehead atoms. The lowest BCUT2D eigenvalue weighted by Crippen LogP contribution is -2.39. The lowest BCUT2D eigenvalue weighted by atomic mass is 10.1. The lowest BCUT2D eigenvalue weighted by Gasteiger charge is -2.12. The summed E-state index contributed by atoms with van der Waals surface area (Å²) >= 11 is 0. The number of aromatic amines is 1. The molecule has 0 aliphatic heterocycles. The second-order valence-corrected chi connectivity index (χ2v) is 7.71. The zero-order valence-corrected chi connectivity index (χ0v) is 19.7. The first-order valence-electron chi connectivity index (χ1n) is 11.3. The van der Waals surface area contributed by atoms with Crippen molar-refractivity contribution in [2.75, 3.05) is 6.61 Å². The predicted molar refractivity (Wildman–Crippen MR) is 125 cm³/mol. The van der Waals surface area contributed by atoms with E-state index in [0.717, 1.165) is 12.8 Å². The number of benzene rings is 1. The second kappa shape index (κ2) is 11.3. The molecular weight excluding hydrogens is 438 g/mol. The van der Waals surface area contributed by atoms with E-state index in [1.54, 1.807) is 38.1 Å². The number of hydrogen-bond acceptors (Lipinski definition) is 7. The number of nitrogens with one attached hydrogen (secondary N) is 3. The molecule has 3 rings (SSSR count). The average Bonchev–Trinajstić information content (AvgIpc) is 3.53. The van der Waals surface area contributed by atoms with Gasteiger partial charge in [-0.05, 0) is 44.9 Å². The van der Waals surface area contributed by atoms with Crippen molar-refractivity contribution in [1.29, 1.82) is 0 Å². The predicted octanol–water partition coefficient (Wildman–Crippen LogP) is 3.33. The molecule has 180 valence electrons.